The number of pyridine rings is 1. The average molecular weight is 382 g/mol. The third kappa shape index (κ3) is 4.42. The first-order valence-corrected chi connectivity index (χ1v) is 9.27. The highest BCUT2D eigenvalue weighted by molar-refractivity contribution is 6.30. The van der Waals surface area contributed by atoms with Crippen LogP contribution in [0.3, 0.4) is 0 Å². The number of ether oxygens (including phenoxy) is 1. The lowest BCUT2D eigenvalue weighted by Crippen LogP contribution is -2.42. The highest BCUT2D eigenvalue weighted by atomic mass is 35.5. The van der Waals surface area contributed by atoms with E-state index in [2.05, 4.69) is 20.6 Å². The van der Waals surface area contributed by atoms with Crippen molar-refractivity contribution >= 4 is 17.4 Å². The first kappa shape index (κ1) is 17.9. The van der Waals surface area contributed by atoms with Crippen molar-refractivity contribution in [1.29, 1.82) is 0 Å². The number of rotatable bonds is 5. The van der Waals surface area contributed by atoms with Crippen molar-refractivity contribution in [3.8, 4) is 22.5 Å². The molecule has 1 saturated heterocycles. The number of halogens is 1. The molecule has 27 heavy (non-hydrogen) atoms. The van der Waals surface area contributed by atoms with Crippen LogP contribution in [0.15, 0.2) is 55.0 Å². The Labute approximate surface area is 163 Å². The fourth-order valence-electron chi connectivity index (χ4n) is 2.95. The topological polar surface area (TPSA) is 72.0 Å². The van der Waals surface area contributed by atoms with Gasteiger partial charge < -0.3 is 15.4 Å². The van der Waals surface area contributed by atoms with E-state index in [9.17, 15) is 0 Å². The van der Waals surface area contributed by atoms with E-state index in [4.69, 9.17) is 21.3 Å². The molecular weight excluding hydrogens is 362 g/mol. The first-order chi connectivity index (χ1) is 13.3. The molecule has 1 unspecified atom stereocenters. The largest absolute Gasteiger partial charge is 0.374 e. The lowest BCUT2D eigenvalue weighted by Gasteiger charge is -2.24. The van der Waals surface area contributed by atoms with Gasteiger partial charge in [-0.25, -0.2) is 9.97 Å². The van der Waals surface area contributed by atoms with Gasteiger partial charge in [0.05, 0.1) is 12.7 Å². The number of morpholine rings is 1. The summed E-state index contributed by atoms with van der Waals surface area (Å²) in [5.41, 5.74) is 2.80. The van der Waals surface area contributed by atoms with Crippen LogP contribution in [-0.2, 0) is 4.74 Å². The maximum Gasteiger partial charge on any atom is 0.163 e. The van der Waals surface area contributed by atoms with Crippen molar-refractivity contribution in [1.82, 2.24) is 20.3 Å². The fraction of sp³-hybridized carbons (Fsp3) is 0.250. The summed E-state index contributed by atoms with van der Waals surface area (Å²) in [5, 5.41) is 7.47. The average Bonchev–Trinajstić information content (AvgIpc) is 2.74. The van der Waals surface area contributed by atoms with Crippen molar-refractivity contribution in [2.75, 3.05) is 31.6 Å². The van der Waals surface area contributed by atoms with Crippen molar-refractivity contribution in [3.05, 3.63) is 60.0 Å². The summed E-state index contributed by atoms with van der Waals surface area (Å²) in [6.45, 7) is 3.10. The highest BCUT2D eigenvalue weighted by Gasteiger charge is 2.16. The van der Waals surface area contributed by atoms with E-state index in [1.165, 1.54) is 0 Å². The maximum absolute atomic E-state index is 6.03. The standard InChI is InChI=1S/C20H20ClN5O/c21-16-5-3-14(4-6-16)18-13-25-19(15-2-1-7-22-10-15)26-20(18)24-12-17-11-23-8-9-27-17/h1-7,10,13,17,23H,8-9,11-12H2,(H,24,25,26). The minimum Gasteiger partial charge on any atom is -0.374 e. The lowest BCUT2D eigenvalue weighted by atomic mass is 10.1. The molecule has 3 aromatic rings. The summed E-state index contributed by atoms with van der Waals surface area (Å²) < 4.78 is 5.78. The number of hydrogen-bond acceptors (Lipinski definition) is 6. The molecule has 138 valence electrons. The number of hydrogen-bond donors (Lipinski definition) is 2. The third-order valence-electron chi connectivity index (χ3n) is 4.37. The Morgan fingerprint density at radius 3 is 2.78 bits per heavy atom. The van der Waals surface area contributed by atoms with Crippen LogP contribution in [0.2, 0.25) is 5.02 Å². The van der Waals surface area contributed by atoms with Gasteiger partial charge in [-0.2, -0.15) is 0 Å². The van der Waals surface area contributed by atoms with Crippen molar-refractivity contribution in [3.63, 3.8) is 0 Å². The van der Waals surface area contributed by atoms with E-state index in [0.29, 0.717) is 17.4 Å². The van der Waals surface area contributed by atoms with Crippen LogP contribution in [0.25, 0.3) is 22.5 Å². The molecule has 1 aliphatic heterocycles. The summed E-state index contributed by atoms with van der Waals surface area (Å²) in [5.74, 6) is 1.39. The summed E-state index contributed by atoms with van der Waals surface area (Å²) >= 11 is 6.03. The van der Waals surface area contributed by atoms with Crippen LogP contribution >= 0.6 is 11.6 Å². The molecule has 6 nitrogen and oxygen atoms in total. The second kappa shape index (κ2) is 8.43. The minimum absolute atomic E-state index is 0.105. The van der Waals surface area contributed by atoms with Crippen molar-refractivity contribution in [2.24, 2.45) is 0 Å². The number of nitrogens with zero attached hydrogens (tertiary/aromatic N) is 3. The van der Waals surface area contributed by atoms with Gasteiger partial charge >= 0.3 is 0 Å². The predicted octanol–water partition coefficient (Wildman–Crippen LogP) is 3.26. The number of benzene rings is 1. The molecule has 7 heteroatoms. The molecule has 4 rings (SSSR count). The third-order valence-corrected chi connectivity index (χ3v) is 4.62. The molecule has 2 aromatic heterocycles. The van der Waals surface area contributed by atoms with Gasteiger partial charge in [0.1, 0.15) is 5.82 Å². The Morgan fingerprint density at radius 2 is 2.04 bits per heavy atom. The lowest BCUT2D eigenvalue weighted by molar-refractivity contribution is 0.0372. The van der Waals surface area contributed by atoms with Crippen LogP contribution in [0.1, 0.15) is 0 Å². The Morgan fingerprint density at radius 1 is 1.15 bits per heavy atom. The molecule has 1 aromatic carbocycles. The molecule has 0 aliphatic carbocycles. The van der Waals surface area contributed by atoms with Gasteiger partial charge in [-0.1, -0.05) is 23.7 Å². The van der Waals surface area contributed by atoms with Gasteiger partial charge in [0, 0.05) is 54.4 Å². The predicted molar refractivity (Wildman–Crippen MR) is 107 cm³/mol. The minimum atomic E-state index is 0.105. The van der Waals surface area contributed by atoms with Crippen LogP contribution < -0.4 is 10.6 Å². The quantitative estimate of drug-likeness (QED) is 0.706. The van der Waals surface area contributed by atoms with Crippen molar-refractivity contribution < 1.29 is 4.74 Å². The molecule has 1 atom stereocenters. The van der Waals surface area contributed by atoms with E-state index in [1.807, 2.05) is 42.6 Å². The van der Waals surface area contributed by atoms with Crippen LogP contribution in [-0.4, -0.2) is 47.3 Å². The van der Waals surface area contributed by atoms with E-state index in [-0.39, 0.29) is 6.10 Å². The maximum atomic E-state index is 6.03. The summed E-state index contributed by atoms with van der Waals surface area (Å²) in [7, 11) is 0. The zero-order valence-electron chi connectivity index (χ0n) is 14.7. The molecular formula is C20H20ClN5O. The van der Waals surface area contributed by atoms with Gasteiger partial charge in [-0.3, -0.25) is 4.98 Å². The van der Waals surface area contributed by atoms with E-state index < -0.39 is 0 Å². The molecule has 0 amide bonds. The number of anilines is 1. The Kier molecular flexibility index (Phi) is 5.58. The van der Waals surface area contributed by atoms with Crippen LogP contribution in [0, 0.1) is 0 Å². The molecule has 1 aliphatic rings. The molecule has 1 fully saturated rings. The van der Waals surface area contributed by atoms with Gasteiger partial charge in [-0.15, -0.1) is 0 Å². The van der Waals surface area contributed by atoms with Crippen LogP contribution in [0.4, 0.5) is 5.82 Å². The monoisotopic (exact) mass is 381 g/mol. The number of aromatic nitrogens is 3. The van der Waals surface area contributed by atoms with Gasteiger partial charge in [0.2, 0.25) is 0 Å². The Balaban J connectivity index is 1.65. The first-order valence-electron chi connectivity index (χ1n) is 8.89. The van der Waals surface area contributed by atoms with Gasteiger partial charge in [-0.05, 0) is 29.8 Å². The van der Waals surface area contributed by atoms with Crippen LogP contribution in [0.5, 0.6) is 0 Å². The molecule has 0 saturated carbocycles. The molecule has 0 bridgehead atoms. The summed E-state index contributed by atoms with van der Waals surface area (Å²) in [6.07, 6.45) is 5.43. The van der Waals surface area contributed by atoms with Crippen molar-refractivity contribution in [2.45, 2.75) is 6.10 Å². The fourth-order valence-corrected chi connectivity index (χ4v) is 3.08. The second-order valence-corrected chi connectivity index (χ2v) is 6.72. The molecule has 0 spiro atoms. The molecule has 0 radical (unpaired) electrons. The highest BCUT2D eigenvalue weighted by Crippen LogP contribution is 2.29. The zero-order chi connectivity index (χ0) is 18.5. The summed E-state index contributed by atoms with van der Waals surface area (Å²) in [6, 6.07) is 11.5. The molecule has 3 heterocycles. The number of nitrogens with one attached hydrogen (secondary N) is 2. The van der Waals surface area contributed by atoms with E-state index in [0.717, 1.165) is 42.2 Å². The Bertz CT molecular complexity index is 883. The zero-order valence-corrected chi connectivity index (χ0v) is 15.5. The summed E-state index contributed by atoms with van der Waals surface area (Å²) in [4.78, 5) is 13.4. The van der Waals surface area contributed by atoms with E-state index in [1.54, 1.807) is 12.4 Å². The van der Waals surface area contributed by atoms with E-state index >= 15 is 0 Å². The Hall–Kier alpha value is -2.54. The SMILES string of the molecule is Clc1ccc(-c2cnc(-c3cccnc3)nc2NCC2CNCCO2)cc1. The molecule has 2 N–H and O–H groups in total. The van der Waals surface area contributed by atoms with Gasteiger partial charge in [0.15, 0.2) is 5.82 Å². The normalized spacial score (nSPS) is 16.9. The smallest absolute Gasteiger partial charge is 0.163 e. The second-order valence-electron chi connectivity index (χ2n) is 6.28. The van der Waals surface area contributed by atoms with Gasteiger partial charge in [0.25, 0.3) is 0 Å².